The lowest BCUT2D eigenvalue weighted by Gasteiger charge is -2.21. The van der Waals surface area contributed by atoms with E-state index in [2.05, 4.69) is 10.3 Å². The van der Waals surface area contributed by atoms with Crippen LogP contribution >= 0.6 is 0 Å². The number of hydrogen-bond donors (Lipinski definition) is 2. The highest BCUT2D eigenvalue weighted by atomic mass is 19.4. The molecule has 0 bridgehead atoms. The molecule has 0 aliphatic heterocycles. The lowest BCUT2D eigenvalue weighted by molar-refractivity contribution is -0.138. The van der Waals surface area contributed by atoms with Crippen LogP contribution in [0.4, 0.5) is 22.0 Å². The summed E-state index contributed by atoms with van der Waals surface area (Å²) in [4.78, 5) is 3.70. The Labute approximate surface area is 135 Å². The predicted octanol–water partition coefficient (Wildman–Crippen LogP) is 3.59. The second kappa shape index (κ2) is 7.23. The lowest BCUT2D eigenvalue weighted by atomic mass is 10.0. The second-order valence-corrected chi connectivity index (χ2v) is 5.28. The Kier molecular flexibility index (Phi) is 5.51. The van der Waals surface area contributed by atoms with E-state index in [9.17, 15) is 27.1 Å². The number of alkyl halides is 3. The Balaban J connectivity index is 2.08. The Morgan fingerprint density at radius 3 is 2.50 bits per heavy atom. The third-order valence-corrected chi connectivity index (χ3v) is 3.55. The summed E-state index contributed by atoms with van der Waals surface area (Å²) in [6.45, 7) is 1.28. The van der Waals surface area contributed by atoms with E-state index in [0.717, 1.165) is 18.2 Å². The minimum Gasteiger partial charge on any atom is -0.387 e. The summed E-state index contributed by atoms with van der Waals surface area (Å²) in [5.41, 5.74) is -0.965. The number of rotatable bonds is 5. The van der Waals surface area contributed by atoms with E-state index in [1.54, 1.807) is 0 Å². The van der Waals surface area contributed by atoms with Crippen molar-refractivity contribution >= 4 is 0 Å². The Morgan fingerprint density at radius 1 is 1.17 bits per heavy atom. The minimum absolute atomic E-state index is 0.117. The SMILES string of the molecule is CC(NCc1ncccc1C(F)(F)F)C(O)c1ccc(F)c(F)c1. The fraction of sp³-hybridized carbons (Fsp3) is 0.312. The normalized spacial score (nSPS) is 14.5. The molecule has 0 saturated heterocycles. The molecular weight excluding hydrogens is 331 g/mol. The van der Waals surface area contributed by atoms with Gasteiger partial charge in [0, 0.05) is 18.8 Å². The van der Waals surface area contributed by atoms with Crippen LogP contribution in [0.1, 0.15) is 29.8 Å². The van der Waals surface area contributed by atoms with Gasteiger partial charge in [-0.15, -0.1) is 0 Å². The van der Waals surface area contributed by atoms with Crippen molar-refractivity contribution in [2.45, 2.75) is 31.8 Å². The van der Waals surface area contributed by atoms with Gasteiger partial charge in [0.15, 0.2) is 11.6 Å². The number of aromatic nitrogens is 1. The molecule has 2 atom stereocenters. The van der Waals surface area contributed by atoms with Crippen molar-refractivity contribution in [2.75, 3.05) is 0 Å². The summed E-state index contributed by atoms with van der Waals surface area (Å²) in [6.07, 6.45) is -4.52. The zero-order valence-electron chi connectivity index (χ0n) is 12.6. The number of halogens is 5. The van der Waals surface area contributed by atoms with Crippen molar-refractivity contribution in [2.24, 2.45) is 0 Å². The molecule has 0 fully saturated rings. The van der Waals surface area contributed by atoms with E-state index in [-0.39, 0.29) is 17.8 Å². The first kappa shape index (κ1) is 18.3. The molecule has 1 aromatic carbocycles. The molecular formula is C16H15F5N2O. The number of hydrogen-bond acceptors (Lipinski definition) is 3. The smallest absolute Gasteiger partial charge is 0.387 e. The molecule has 2 unspecified atom stereocenters. The molecule has 0 aliphatic rings. The molecule has 1 heterocycles. The average molecular weight is 346 g/mol. The Morgan fingerprint density at radius 2 is 1.88 bits per heavy atom. The van der Waals surface area contributed by atoms with Crippen LogP contribution in [-0.2, 0) is 12.7 Å². The van der Waals surface area contributed by atoms with E-state index in [1.165, 1.54) is 25.3 Å². The van der Waals surface area contributed by atoms with Crippen LogP contribution in [-0.4, -0.2) is 16.1 Å². The summed E-state index contributed by atoms with van der Waals surface area (Å²) in [6, 6.07) is 4.33. The van der Waals surface area contributed by atoms with Crippen molar-refractivity contribution in [1.29, 1.82) is 0 Å². The van der Waals surface area contributed by atoms with Crippen molar-refractivity contribution in [3.63, 3.8) is 0 Å². The van der Waals surface area contributed by atoms with Gasteiger partial charge in [0.1, 0.15) is 0 Å². The van der Waals surface area contributed by atoms with Crippen molar-refractivity contribution in [3.05, 3.63) is 65.0 Å². The quantitative estimate of drug-likeness (QED) is 0.814. The van der Waals surface area contributed by atoms with Gasteiger partial charge in [0.05, 0.1) is 17.4 Å². The van der Waals surface area contributed by atoms with Gasteiger partial charge in [-0.05, 0) is 36.8 Å². The number of benzene rings is 1. The Hall–Kier alpha value is -2.06. The number of nitrogens with one attached hydrogen (secondary N) is 1. The van der Waals surface area contributed by atoms with Crippen LogP contribution in [0.2, 0.25) is 0 Å². The molecule has 0 aliphatic carbocycles. The second-order valence-electron chi connectivity index (χ2n) is 5.28. The van der Waals surface area contributed by atoms with E-state index in [0.29, 0.717) is 0 Å². The molecule has 3 nitrogen and oxygen atoms in total. The van der Waals surface area contributed by atoms with Gasteiger partial charge in [0.2, 0.25) is 0 Å². The summed E-state index contributed by atoms with van der Waals surface area (Å²) in [7, 11) is 0. The highest BCUT2D eigenvalue weighted by Gasteiger charge is 2.33. The average Bonchev–Trinajstić information content (AvgIpc) is 2.54. The van der Waals surface area contributed by atoms with Gasteiger partial charge in [-0.3, -0.25) is 4.98 Å². The predicted molar refractivity (Wildman–Crippen MR) is 76.9 cm³/mol. The number of nitrogens with zero attached hydrogens (tertiary/aromatic N) is 1. The maximum absolute atomic E-state index is 13.2. The maximum Gasteiger partial charge on any atom is 0.418 e. The van der Waals surface area contributed by atoms with E-state index in [1.807, 2.05) is 0 Å². The van der Waals surface area contributed by atoms with Crippen LogP contribution in [0, 0.1) is 11.6 Å². The summed E-state index contributed by atoms with van der Waals surface area (Å²) in [5, 5.41) is 12.8. The molecule has 2 N–H and O–H groups in total. The summed E-state index contributed by atoms with van der Waals surface area (Å²) >= 11 is 0. The number of pyridine rings is 1. The molecule has 2 rings (SSSR count). The molecule has 0 amide bonds. The molecule has 0 saturated carbocycles. The molecule has 0 radical (unpaired) electrons. The molecule has 8 heteroatoms. The van der Waals surface area contributed by atoms with Crippen LogP contribution < -0.4 is 5.32 Å². The van der Waals surface area contributed by atoms with Crippen molar-refractivity contribution in [1.82, 2.24) is 10.3 Å². The van der Waals surface area contributed by atoms with E-state index >= 15 is 0 Å². The zero-order valence-corrected chi connectivity index (χ0v) is 12.6. The topological polar surface area (TPSA) is 45.2 Å². The van der Waals surface area contributed by atoms with E-state index in [4.69, 9.17) is 0 Å². The standard InChI is InChI=1S/C16H15F5N2O/c1-9(15(24)10-4-5-12(17)13(18)7-10)23-8-14-11(16(19,20)21)3-2-6-22-14/h2-7,9,15,23-24H,8H2,1H3. The third-order valence-electron chi connectivity index (χ3n) is 3.55. The molecule has 130 valence electrons. The highest BCUT2D eigenvalue weighted by molar-refractivity contribution is 5.24. The van der Waals surface area contributed by atoms with Crippen LogP contribution in [0.3, 0.4) is 0 Å². The van der Waals surface area contributed by atoms with Crippen LogP contribution in [0.5, 0.6) is 0 Å². The first-order chi connectivity index (χ1) is 11.2. The third kappa shape index (κ3) is 4.27. The molecule has 24 heavy (non-hydrogen) atoms. The number of aliphatic hydroxyl groups excluding tert-OH is 1. The minimum atomic E-state index is -4.53. The monoisotopic (exact) mass is 346 g/mol. The van der Waals surface area contributed by atoms with E-state index < -0.39 is 35.5 Å². The molecule has 0 spiro atoms. The van der Waals surface area contributed by atoms with Gasteiger partial charge >= 0.3 is 6.18 Å². The van der Waals surface area contributed by atoms with Gasteiger partial charge in [0.25, 0.3) is 0 Å². The summed E-state index contributed by atoms with van der Waals surface area (Å²) in [5.74, 6) is -2.15. The van der Waals surface area contributed by atoms with Gasteiger partial charge in [-0.1, -0.05) is 6.07 Å². The van der Waals surface area contributed by atoms with Crippen LogP contribution in [0.25, 0.3) is 0 Å². The molecule has 1 aromatic heterocycles. The van der Waals surface area contributed by atoms with Gasteiger partial charge < -0.3 is 10.4 Å². The maximum atomic E-state index is 13.2. The molecule has 2 aromatic rings. The fourth-order valence-electron chi connectivity index (χ4n) is 2.19. The van der Waals surface area contributed by atoms with Crippen LogP contribution in [0.15, 0.2) is 36.5 Å². The van der Waals surface area contributed by atoms with Gasteiger partial charge in [-0.2, -0.15) is 13.2 Å². The number of aliphatic hydroxyl groups is 1. The lowest BCUT2D eigenvalue weighted by Crippen LogP contribution is -2.32. The highest BCUT2D eigenvalue weighted by Crippen LogP contribution is 2.31. The zero-order chi connectivity index (χ0) is 17.9. The Bertz CT molecular complexity index is 705. The van der Waals surface area contributed by atoms with Crippen molar-refractivity contribution < 1.29 is 27.1 Å². The van der Waals surface area contributed by atoms with Crippen molar-refractivity contribution in [3.8, 4) is 0 Å². The summed E-state index contributed by atoms with van der Waals surface area (Å²) < 4.78 is 64.8. The first-order valence-electron chi connectivity index (χ1n) is 7.07. The largest absolute Gasteiger partial charge is 0.418 e. The van der Waals surface area contributed by atoms with Gasteiger partial charge in [-0.25, -0.2) is 8.78 Å². The fourth-order valence-corrected chi connectivity index (χ4v) is 2.19. The first-order valence-corrected chi connectivity index (χ1v) is 7.07.